The summed E-state index contributed by atoms with van der Waals surface area (Å²) in [6.45, 7) is 8.02. The highest BCUT2D eigenvalue weighted by Crippen LogP contribution is 2.19. The van der Waals surface area contributed by atoms with Crippen LogP contribution in [0.4, 0.5) is 0 Å². The molecule has 1 N–H and O–H groups in total. The summed E-state index contributed by atoms with van der Waals surface area (Å²) in [7, 11) is 0. The molecule has 0 saturated heterocycles. The van der Waals surface area contributed by atoms with E-state index in [1.54, 1.807) is 6.20 Å². The molecule has 20 heavy (non-hydrogen) atoms. The minimum Gasteiger partial charge on any atom is -0.356 e. The molecule has 4 nitrogen and oxygen atoms in total. The van der Waals surface area contributed by atoms with Crippen molar-refractivity contribution in [3.63, 3.8) is 0 Å². The van der Waals surface area contributed by atoms with Gasteiger partial charge in [0.2, 0.25) is 5.91 Å². The van der Waals surface area contributed by atoms with Crippen molar-refractivity contribution in [2.75, 3.05) is 6.54 Å². The first-order valence-corrected chi connectivity index (χ1v) is 7.31. The molecule has 0 aliphatic carbocycles. The third-order valence-corrected chi connectivity index (χ3v) is 3.45. The van der Waals surface area contributed by atoms with Crippen LogP contribution in [-0.2, 0) is 17.8 Å². The molecule has 0 unspecified atom stereocenters. The first-order valence-electron chi connectivity index (χ1n) is 7.31. The summed E-state index contributed by atoms with van der Waals surface area (Å²) in [5.41, 5.74) is 2.01. The van der Waals surface area contributed by atoms with E-state index in [0.717, 1.165) is 36.1 Å². The summed E-state index contributed by atoms with van der Waals surface area (Å²) in [5.74, 6) is 0.700. The molecule has 0 bridgehead atoms. The van der Waals surface area contributed by atoms with Crippen molar-refractivity contribution in [2.24, 2.45) is 5.92 Å². The van der Waals surface area contributed by atoms with Crippen LogP contribution in [0.2, 0.25) is 0 Å². The van der Waals surface area contributed by atoms with Crippen molar-refractivity contribution in [1.82, 2.24) is 14.9 Å². The number of aromatic nitrogens is 2. The van der Waals surface area contributed by atoms with Gasteiger partial charge in [-0.05, 0) is 37.0 Å². The van der Waals surface area contributed by atoms with Gasteiger partial charge in [-0.25, -0.2) is 4.98 Å². The second kappa shape index (κ2) is 6.55. The number of carbonyl (C=O) groups excluding carboxylic acids is 1. The van der Waals surface area contributed by atoms with E-state index < -0.39 is 0 Å². The number of amides is 1. The van der Waals surface area contributed by atoms with Crippen LogP contribution in [0.1, 0.15) is 32.8 Å². The Morgan fingerprint density at radius 1 is 1.45 bits per heavy atom. The lowest BCUT2D eigenvalue weighted by atomic mass is 10.1. The van der Waals surface area contributed by atoms with Gasteiger partial charge in [-0.15, -0.1) is 0 Å². The Hall–Kier alpha value is -1.84. The van der Waals surface area contributed by atoms with Gasteiger partial charge in [0.25, 0.3) is 0 Å². The van der Waals surface area contributed by atoms with Crippen LogP contribution in [0.15, 0.2) is 24.5 Å². The summed E-state index contributed by atoms with van der Waals surface area (Å²) in [5, 5.41) is 4.06. The first-order chi connectivity index (χ1) is 9.61. The van der Waals surface area contributed by atoms with E-state index in [9.17, 15) is 4.79 Å². The van der Waals surface area contributed by atoms with Crippen LogP contribution in [0.5, 0.6) is 0 Å². The average molecular weight is 273 g/mol. The van der Waals surface area contributed by atoms with Gasteiger partial charge in [0, 0.05) is 30.9 Å². The van der Waals surface area contributed by atoms with E-state index >= 15 is 0 Å². The number of aryl methyl sites for hydroxylation is 1. The van der Waals surface area contributed by atoms with Crippen molar-refractivity contribution in [1.29, 1.82) is 0 Å². The lowest BCUT2D eigenvalue weighted by Crippen LogP contribution is -2.26. The zero-order valence-corrected chi connectivity index (χ0v) is 12.5. The van der Waals surface area contributed by atoms with Crippen LogP contribution >= 0.6 is 0 Å². The minimum atomic E-state index is 0.0876. The number of pyridine rings is 1. The predicted octanol–water partition coefficient (Wildman–Crippen LogP) is 2.76. The van der Waals surface area contributed by atoms with Gasteiger partial charge < -0.3 is 9.88 Å². The number of nitrogens with one attached hydrogen (secondary N) is 1. The highest BCUT2D eigenvalue weighted by atomic mass is 16.1. The van der Waals surface area contributed by atoms with Gasteiger partial charge in [-0.2, -0.15) is 0 Å². The Balaban J connectivity index is 2.08. The molecule has 0 saturated carbocycles. The minimum absolute atomic E-state index is 0.0876. The molecule has 0 radical (unpaired) electrons. The summed E-state index contributed by atoms with van der Waals surface area (Å²) >= 11 is 0. The van der Waals surface area contributed by atoms with E-state index in [1.165, 1.54) is 0 Å². The van der Waals surface area contributed by atoms with Crippen LogP contribution in [-0.4, -0.2) is 22.0 Å². The van der Waals surface area contributed by atoms with Gasteiger partial charge in [-0.1, -0.05) is 13.8 Å². The second-order valence-electron chi connectivity index (χ2n) is 5.52. The van der Waals surface area contributed by atoms with Gasteiger partial charge in [0.1, 0.15) is 5.65 Å². The first kappa shape index (κ1) is 14.6. The quantitative estimate of drug-likeness (QED) is 0.879. The largest absolute Gasteiger partial charge is 0.356 e. The third-order valence-electron chi connectivity index (χ3n) is 3.45. The second-order valence-corrected chi connectivity index (χ2v) is 5.52. The summed E-state index contributed by atoms with van der Waals surface area (Å²) < 4.78 is 2.09. The summed E-state index contributed by atoms with van der Waals surface area (Å²) in [6, 6.07) is 3.95. The maximum atomic E-state index is 12.0. The third kappa shape index (κ3) is 3.38. The molecule has 2 aromatic rings. The number of rotatable bonds is 6. The molecule has 0 aromatic carbocycles. The normalized spacial score (nSPS) is 11.2. The molecule has 1 amide bonds. The fourth-order valence-electron chi connectivity index (χ4n) is 2.31. The number of nitrogens with zero attached hydrogens (tertiary/aromatic N) is 2. The number of hydrogen-bond donors (Lipinski definition) is 1. The van der Waals surface area contributed by atoms with Crippen LogP contribution in [0.3, 0.4) is 0 Å². The van der Waals surface area contributed by atoms with Crippen molar-refractivity contribution in [3.05, 3.63) is 30.1 Å². The van der Waals surface area contributed by atoms with Gasteiger partial charge in [0.15, 0.2) is 0 Å². The van der Waals surface area contributed by atoms with Crippen molar-refractivity contribution < 1.29 is 4.79 Å². The monoisotopic (exact) mass is 273 g/mol. The summed E-state index contributed by atoms with van der Waals surface area (Å²) in [6.07, 6.45) is 5.28. The zero-order valence-electron chi connectivity index (χ0n) is 12.5. The van der Waals surface area contributed by atoms with E-state index in [-0.39, 0.29) is 5.91 Å². The van der Waals surface area contributed by atoms with E-state index in [2.05, 4.69) is 35.6 Å². The summed E-state index contributed by atoms with van der Waals surface area (Å²) in [4.78, 5) is 16.4. The average Bonchev–Trinajstić information content (AvgIpc) is 2.77. The Bertz CT molecular complexity index is 586. The van der Waals surface area contributed by atoms with E-state index in [0.29, 0.717) is 12.3 Å². The number of hydrogen-bond acceptors (Lipinski definition) is 2. The van der Waals surface area contributed by atoms with Gasteiger partial charge >= 0.3 is 0 Å². The van der Waals surface area contributed by atoms with Crippen molar-refractivity contribution >= 4 is 16.9 Å². The molecule has 4 heteroatoms. The highest BCUT2D eigenvalue weighted by Gasteiger charge is 2.11. The molecule has 0 aliphatic rings. The molecule has 0 atom stereocenters. The van der Waals surface area contributed by atoms with Gasteiger partial charge in [0.05, 0.1) is 6.42 Å². The number of carbonyl (C=O) groups is 1. The predicted molar refractivity (Wildman–Crippen MR) is 81.6 cm³/mol. The van der Waals surface area contributed by atoms with Crippen LogP contribution in [0.25, 0.3) is 11.0 Å². The maximum absolute atomic E-state index is 12.0. The van der Waals surface area contributed by atoms with Crippen molar-refractivity contribution in [3.8, 4) is 0 Å². The maximum Gasteiger partial charge on any atom is 0.224 e. The molecule has 2 heterocycles. The standard InChI is InChI=1S/C16H23N3O/c1-4-19-11-13(14-6-5-8-18-16(14)19)10-15(20)17-9-7-12(2)3/h5-6,8,11-12H,4,7,9-10H2,1-3H3,(H,17,20). The molecular weight excluding hydrogens is 250 g/mol. The topological polar surface area (TPSA) is 46.9 Å². The lowest BCUT2D eigenvalue weighted by molar-refractivity contribution is -0.120. The van der Waals surface area contributed by atoms with E-state index in [1.807, 2.05) is 18.3 Å². The zero-order chi connectivity index (χ0) is 14.5. The molecule has 2 rings (SSSR count). The Morgan fingerprint density at radius 3 is 2.95 bits per heavy atom. The SMILES string of the molecule is CCn1cc(CC(=O)NCCC(C)C)c2cccnc21. The fourth-order valence-corrected chi connectivity index (χ4v) is 2.31. The molecular formula is C16H23N3O. The Labute approximate surface area is 120 Å². The number of fused-ring (bicyclic) bond motifs is 1. The van der Waals surface area contributed by atoms with Crippen LogP contribution < -0.4 is 5.32 Å². The molecule has 0 fully saturated rings. The Kier molecular flexibility index (Phi) is 4.77. The van der Waals surface area contributed by atoms with Crippen molar-refractivity contribution in [2.45, 2.75) is 40.2 Å². The highest BCUT2D eigenvalue weighted by molar-refractivity contribution is 5.87. The lowest BCUT2D eigenvalue weighted by Gasteiger charge is -2.06. The van der Waals surface area contributed by atoms with Crippen LogP contribution in [0, 0.1) is 5.92 Å². The Morgan fingerprint density at radius 2 is 2.25 bits per heavy atom. The molecule has 2 aromatic heterocycles. The fraction of sp³-hybridized carbons (Fsp3) is 0.500. The molecule has 0 spiro atoms. The van der Waals surface area contributed by atoms with E-state index in [4.69, 9.17) is 0 Å². The molecule has 108 valence electrons. The molecule has 0 aliphatic heterocycles. The smallest absolute Gasteiger partial charge is 0.224 e. The van der Waals surface area contributed by atoms with Gasteiger partial charge in [-0.3, -0.25) is 4.79 Å².